The van der Waals surface area contributed by atoms with Gasteiger partial charge in [0.25, 0.3) is 0 Å². The van der Waals surface area contributed by atoms with Crippen LogP contribution in [0.25, 0.3) is 0 Å². The summed E-state index contributed by atoms with van der Waals surface area (Å²) in [4.78, 5) is 0. The lowest BCUT2D eigenvalue weighted by molar-refractivity contribution is 0.614. The van der Waals surface area contributed by atoms with Crippen molar-refractivity contribution in [2.24, 2.45) is 11.8 Å². The number of aryl methyl sites for hydroxylation is 1. The zero-order valence-electron chi connectivity index (χ0n) is 7.98. The number of aromatic nitrogens is 3. The van der Waals surface area contributed by atoms with Gasteiger partial charge in [0.1, 0.15) is 12.2 Å². The van der Waals surface area contributed by atoms with Gasteiger partial charge in [-0.05, 0) is 31.6 Å². The van der Waals surface area contributed by atoms with E-state index in [-0.39, 0.29) is 0 Å². The topological polar surface area (TPSA) is 30.7 Å². The van der Waals surface area contributed by atoms with Crippen LogP contribution < -0.4 is 0 Å². The minimum absolute atomic E-state index is 0.760. The van der Waals surface area contributed by atoms with E-state index < -0.39 is 0 Å². The van der Waals surface area contributed by atoms with Crippen molar-refractivity contribution in [2.75, 3.05) is 0 Å². The van der Waals surface area contributed by atoms with Crippen LogP contribution in [0.2, 0.25) is 0 Å². The van der Waals surface area contributed by atoms with Crippen molar-refractivity contribution in [2.45, 2.75) is 38.6 Å². The maximum Gasteiger partial charge on any atom is 0.136 e. The molecular formula is C10H15N3. The van der Waals surface area contributed by atoms with E-state index in [0.29, 0.717) is 0 Å². The minimum Gasteiger partial charge on any atom is -0.318 e. The predicted octanol–water partition coefficient (Wildman–Crippen LogP) is 1.81. The van der Waals surface area contributed by atoms with Crippen molar-refractivity contribution in [1.29, 1.82) is 0 Å². The average molecular weight is 177 g/mol. The summed E-state index contributed by atoms with van der Waals surface area (Å²) in [5.41, 5.74) is 0. The third kappa shape index (κ3) is 0.960. The van der Waals surface area contributed by atoms with Crippen LogP contribution in [0.1, 0.15) is 37.9 Å². The Kier molecular flexibility index (Phi) is 1.49. The van der Waals surface area contributed by atoms with Crippen molar-refractivity contribution in [3.63, 3.8) is 0 Å². The first-order valence-electron chi connectivity index (χ1n) is 5.29. The van der Waals surface area contributed by atoms with Crippen molar-refractivity contribution in [1.82, 2.24) is 14.8 Å². The van der Waals surface area contributed by atoms with Crippen molar-refractivity contribution < 1.29 is 0 Å². The maximum atomic E-state index is 4.24. The normalized spacial score (nSPS) is 36.2. The van der Waals surface area contributed by atoms with E-state index in [1.165, 1.54) is 25.1 Å². The number of hydrogen-bond donors (Lipinski definition) is 0. The Bertz CT molecular complexity index is 308. The van der Waals surface area contributed by atoms with Gasteiger partial charge >= 0.3 is 0 Å². The number of nitrogens with zero attached hydrogens (tertiary/aromatic N) is 3. The molecule has 0 bridgehead atoms. The standard InChI is InChI=1S/C10H15N3/c1-2-13-6-11-12-10(13)9-7-4-3-5-8(7)9/h6-9H,2-5H2,1H3. The predicted molar refractivity (Wildman–Crippen MR) is 49.3 cm³/mol. The molecule has 3 rings (SSSR count). The van der Waals surface area contributed by atoms with Crippen LogP contribution >= 0.6 is 0 Å². The van der Waals surface area contributed by atoms with Gasteiger partial charge in [0.15, 0.2) is 0 Å². The van der Waals surface area contributed by atoms with E-state index in [1.807, 2.05) is 6.33 Å². The molecule has 1 aromatic heterocycles. The van der Waals surface area contributed by atoms with Gasteiger partial charge in [-0.1, -0.05) is 6.42 Å². The molecule has 1 aromatic rings. The summed E-state index contributed by atoms with van der Waals surface area (Å²) in [5.74, 6) is 3.91. The van der Waals surface area contributed by atoms with Gasteiger partial charge < -0.3 is 4.57 Å². The van der Waals surface area contributed by atoms with Crippen LogP contribution in [0.3, 0.4) is 0 Å². The summed E-state index contributed by atoms with van der Waals surface area (Å²) in [6, 6.07) is 0. The van der Waals surface area contributed by atoms with E-state index in [2.05, 4.69) is 21.7 Å². The van der Waals surface area contributed by atoms with Crippen molar-refractivity contribution in [3.05, 3.63) is 12.2 Å². The largest absolute Gasteiger partial charge is 0.318 e. The molecule has 2 fully saturated rings. The fraction of sp³-hybridized carbons (Fsp3) is 0.800. The number of fused-ring (bicyclic) bond motifs is 1. The molecule has 3 nitrogen and oxygen atoms in total. The lowest BCUT2D eigenvalue weighted by atomic mass is 10.1. The molecule has 13 heavy (non-hydrogen) atoms. The Labute approximate surface area is 78.2 Å². The Balaban J connectivity index is 1.86. The summed E-state index contributed by atoms with van der Waals surface area (Å²) in [6.45, 7) is 3.17. The highest BCUT2D eigenvalue weighted by Crippen LogP contribution is 2.62. The van der Waals surface area contributed by atoms with Gasteiger partial charge in [-0.15, -0.1) is 10.2 Å². The first-order chi connectivity index (χ1) is 6.42. The highest BCUT2D eigenvalue weighted by Gasteiger charge is 2.55. The van der Waals surface area contributed by atoms with Gasteiger partial charge in [0.2, 0.25) is 0 Å². The summed E-state index contributed by atoms with van der Waals surface area (Å²) in [6.07, 6.45) is 6.15. The Hall–Kier alpha value is -0.860. The molecule has 0 spiro atoms. The Morgan fingerprint density at radius 2 is 2.23 bits per heavy atom. The van der Waals surface area contributed by atoms with E-state index in [1.54, 1.807) is 0 Å². The second-order valence-corrected chi connectivity index (χ2v) is 4.26. The summed E-state index contributed by atoms with van der Waals surface area (Å²) >= 11 is 0. The zero-order valence-corrected chi connectivity index (χ0v) is 7.98. The van der Waals surface area contributed by atoms with Gasteiger partial charge in [-0.3, -0.25) is 0 Å². The maximum absolute atomic E-state index is 4.24. The molecule has 0 aromatic carbocycles. The molecule has 0 aliphatic heterocycles. The highest BCUT2D eigenvalue weighted by molar-refractivity contribution is 5.17. The van der Waals surface area contributed by atoms with Crippen molar-refractivity contribution >= 4 is 0 Å². The molecule has 2 aliphatic carbocycles. The van der Waals surface area contributed by atoms with Gasteiger partial charge in [-0.2, -0.15) is 0 Å². The van der Waals surface area contributed by atoms with Crippen LogP contribution in [-0.2, 0) is 6.54 Å². The van der Waals surface area contributed by atoms with E-state index in [4.69, 9.17) is 0 Å². The monoisotopic (exact) mass is 177 g/mol. The molecule has 70 valence electrons. The zero-order chi connectivity index (χ0) is 8.84. The Morgan fingerprint density at radius 1 is 1.46 bits per heavy atom. The fourth-order valence-electron chi connectivity index (χ4n) is 2.97. The SMILES string of the molecule is CCn1cnnc1C1C2CCCC21. The first-order valence-corrected chi connectivity index (χ1v) is 5.29. The highest BCUT2D eigenvalue weighted by atomic mass is 15.3. The van der Waals surface area contributed by atoms with Crippen LogP contribution in [0.4, 0.5) is 0 Å². The molecule has 0 N–H and O–H groups in total. The number of hydrogen-bond acceptors (Lipinski definition) is 2. The molecule has 0 saturated heterocycles. The molecular weight excluding hydrogens is 162 g/mol. The molecule has 1 heterocycles. The first kappa shape index (κ1) is 7.54. The second-order valence-electron chi connectivity index (χ2n) is 4.26. The molecule has 2 saturated carbocycles. The van der Waals surface area contributed by atoms with E-state index >= 15 is 0 Å². The number of rotatable bonds is 2. The smallest absolute Gasteiger partial charge is 0.136 e. The lowest BCUT2D eigenvalue weighted by Gasteiger charge is -2.03. The summed E-state index contributed by atoms with van der Waals surface area (Å²) in [5, 5.41) is 8.24. The summed E-state index contributed by atoms with van der Waals surface area (Å²) < 4.78 is 2.20. The van der Waals surface area contributed by atoms with Crippen LogP contribution in [-0.4, -0.2) is 14.8 Å². The molecule has 2 atom stereocenters. The molecule has 2 unspecified atom stereocenters. The Morgan fingerprint density at radius 3 is 2.92 bits per heavy atom. The van der Waals surface area contributed by atoms with Gasteiger partial charge in [0.05, 0.1) is 0 Å². The third-order valence-corrected chi connectivity index (χ3v) is 3.69. The van der Waals surface area contributed by atoms with Crippen LogP contribution in [0, 0.1) is 11.8 Å². The van der Waals surface area contributed by atoms with Gasteiger partial charge in [-0.25, -0.2) is 0 Å². The quantitative estimate of drug-likeness (QED) is 0.689. The molecule has 0 amide bonds. The minimum atomic E-state index is 0.760. The summed E-state index contributed by atoms with van der Waals surface area (Å²) in [7, 11) is 0. The average Bonchev–Trinajstić information content (AvgIpc) is 2.65. The van der Waals surface area contributed by atoms with Crippen LogP contribution in [0.15, 0.2) is 6.33 Å². The van der Waals surface area contributed by atoms with E-state index in [9.17, 15) is 0 Å². The second kappa shape index (κ2) is 2.56. The fourth-order valence-corrected chi connectivity index (χ4v) is 2.97. The molecule has 0 radical (unpaired) electrons. The van der Waals surface area contributed by atoms with Gasteiger partial charge in [0, 0.05) is 12.5 Å². The lowest BCUT2D eigenvalue weighted by Crippen LogP contribution is -2.01. The molecule has 2 aliphatic rings. The van der Waals surface area contributed by atoms with E-state index in [0.717, 1.165) is 24.3 Å². The van der Waals surface area contributed by atoms with Crippen molar-refractivity contribution in [3.8, 4) is 0 Å². The third-order valence-electron chi connectivity index (χ3n) is 3.69. The van der Waals surface area contributed by atoms with Crippen LogP contribution in [0.5, 0.6) is 0 Å². The molecule has 3 heteroatoms.